The van der Waals surface area contributed by atoms with E-state index in [4.69, 9.17) is 5.73 Å². The van der Waals surface area contributed by atoms with Gasteiger partial charge < -0.3 is 5.73 Å². The lowest BCUT2D eigenvalue weighted by Crippen LogP contribution is -1.98. The Hall–Kier alpha value is -2.94. The Kier molecular flexibility index (Phi) is 5.01. The Morgan fingerprint density at radius 2 is 1.52 bits per heavy atom. The zero-order valence-corrected chi connectivity index (χ0v) is 15.8. The number of aryl methyl sites for hydroxylation is 3. The third-order valence-corrected chi connectivity index (χ3v) is 5.17. The lowest BCUT2D eigenvalue weighted by molar-refractivity contribution is 0.794. The number of unbranched alkanes of at least 4 members (excludes halogenated alkanes) is 1. The van der Waals surface area contributed by atoms with E-state index in [1.807, 2.05) is 24.4 Å². The maximum absolute atomic E-state index is 6.11. The summed E-state index contributed by atoms with van der Waals surface area (Å²) in [5.74, 6) is 0.498. The molecule has 4 rings (SSSR count). The SMILES string of the molecule is CCCCc1ccc(CCc2cnc3c(N)nc4ccccc4c3c2)cc1. The molecule has 0 amide bonds. The lowest BCUT2D eigenvalue weighted by atomic mass is 10.0. The summed E-state index contributed by atoms with van der Waals surface area (Å²) >= 11 is 0. The van der Waals surface area contributed by atoms with Gasteiger partial charge in [0.25, 0.3) is 0 Å². The predicted molar refractivity (Wildman–Crippen MR) is 114 cm³/mol. The maximum atomic E-state index is 6.11. The van der Waals surface area contributed by atoms with E-state index in [0.717, 1.165) is 34.6 Å². The highest BCUT2D eigenvalue weighted by Gasteiger charge is 2.08. The number of para-hydroxylation sites is 1. The van der Waals surface area contributed by atoms with E-state index in [-0.39, 0.29) is 0 Å². The van der Waals surface area contributed by atoms with Crippen LogP contribution in [0, 0.1) is 0 Å². The number of rotatable bonds is 6. The third kappa shape index (κ3) is 3.77. The van der Waals surface area contributed by atoms with Gasteiger partial charge >= 0.3 is 0 Å². The third-order valence-electron chi connectivity index (χ3n) is 5.17. The minimum Gasteiger partial charge on any atom is -0.382 e. The van der Waals surface area contributed by atoms with E-state index in [0.29, 0.717) is 5.82 Å². The molecule has 0 spiro atoms. The molecule has 0 bridgehead atoms. The van der Waals surface area contributed by atoms with Crippen LogP contribution in [0.1, 0.15) is 36.5 Å². The molecule has 2 aromatic carbocycles. The summed E-state index contributed by atoms with van der Waals surface area (Å²) in [5, 5.41) is 2.20. The van der Waals surface area contributed by atoms with Gasteiger partial charge in [-0.2, -0.15) is 0 Å². The molecule has 0 aliphatic carbocycles. The molecular weight excluding hydrogens is 330 g/mol. The fourth-order valence-corrected chi connectivity index (χ4v) is 3.58. The first-order chi connectivity index (χ1) is 13.2. The van der Waals surface area contributed by atoms with Crippen LogP contribution in [-0.2, 0) is 19.3 Å². The minimum absolute atomic E-state index is 0.498. The Balaban J connectivity index is 1.56. The van der Waals surface area contributed by atoms with Crippen LogP contribution in [0.2, 0.25) is 0 Å². The summed E-state index contributed by atoms with van der Waals surface area (Å²) in [6.45, 7) is 2.23. The van der Waals surface area contributed by atoms with Crippen LogP contribution in [0.5, 0.6) is 0 Å². The summed E-state index contributed by atoms with van der Waals surface area (Å²) in [7, 11) is 0. The number of benzene rings is 2. The van der Waals surface area contributed by atoms with Crippen molar-refractivity contribution in [2.75, 3.05) is 5.73 Å². The average Bonchev–Trinajstić information content (AvgIpc) is 2.71. The smallest absolute Gasteiger partial charge is 0.150 e. The number of nitrogen functional groups attached to an aromatic ring is 1. The number of anilines is 1. The molecular formula is C24H25N3. The maximum Gasteiger partial charge on any atom is 0.150 e. The van der Waals surface area contributed by atoms with Crippen LogP contribution in [0.15, 0.2) is 60.8 Å². The van der Waals surface area contributed by atoms with Gasteiger partial charge in [-0.15, -0.1) is 0 Å². The number of aromatic nitrogens is 2. The van der Waals surface area contributed by atoms with Crippen LogP contribution in [0.25, 0.3) is 21.8 Å². The molecule has 3 heteroatoms. The first kappa shape index (κ1) is 17.5. The predicted octanol–water partition coefficient (Wildman–Crippen LogP) is 5.49. The first-order valence-corrected chi connectivity index (χ1v) is 9.75. The van der Waals surface area contributed by atoms with E-state index in [1.54, 1.807) is 0 Å². The molecule has 0 fully saturated rings. The highest BCUT2D eigenvalue weighted by atomic mass is 14.9. The molecule has 2 N–H and O–H groups in total. The van der Waals surface area contributed by atoms with Crippen LogP contribution in [0.4, 0.5) is 5.82 Å². The zero-order chi connectivity index (χ0) is 18.6. The van der Waals surface area contributed by atoms with Gasteiger partial charge in [0.1, 0.15) is 5.52 Å². The second-order valence-electron chi connectivity index (χ2n) is 7.17. The number of nitrogens with two attached hydrogens (primary N) is 1. The molecule has 0 saturated heterocycles. The number of fused-ring (bicyclic) bond motifs is 3. The number of hydrogen-bond donors (Lipinski definition) is 1. The average molecular weight is 355 g/mol. The van der Waals surface area contributed by atoms with E-state index in [1.165, 1.54) is 36.0 Å². The van der Waals surface area contributed by atoms with Crippen LogP contribution in [0.3, 0.4) is 0 Å². The summed E-state index contributed by atoms with van der Waals surface area (Å²) < 4.78 is 0. The van der Waals surface area contributed by atoms with Gasteiger partial charge in [0.05, 0.1) is 5.52 Å². The highest BCUT2D eigenvalue weighted by Crippen LogP contribution is 2.27. The molecule has 2 heterocycles. The van der Waals surface area contributed by atoms with Crippen molar-refractivity contribution >= 4 is 27.6 Å². The molecule has 136 valence electrons. The first-order valence-electron chi connectivity index (χ1n) is 9.75. The van der Waals surface area contributed by atoms with Crippen molar-refractivity contribution in [3.8, 4) is 0 Å². The topological polar surface area (TPSA) is 51.8 Å². The normalized spacial score (nSPS) is 11.3. The summed E-state index contributed by atoms with van der Waals surface area (Å²) in [6.07, 6.45) is 7.59. The van der Waals surface area contributed by atoms with Crippen molar-refractivity contribution in [2.45, 2.75) is 39.0 Å². The van der Waals surface area contributed by atoms with Gasteiger partial charge in [0.15, 0.2) is 5.82 Å². The fourth-order valence-electron chi connectivity index (χ4n) is 3.58. The standard InChI is InChI=1S/C24H25N3/c1-2-3-6-17-9-11-18(12-10-17)13-14-19-15-21-20-7-4-5-8-22(20)27-24(25)23(21)26-16-19/h4-5,7-12,15-16H,2-3,6,13-14H2,1H3,(H2,25,27). The van der Waals surface area contributed by atoms with Gasteiger partial charge in [0.2, 0.25) is 0 Å². The molecule has 0 radical (unpaired) electrons. The molecule has 0 aliphatic rings. The van der Waals surface area contributed by atoms with Crippen molar-refractivity contribution < 1.29 is 0 Å². The highest BCUT2D eigenvalue weighted by molar-refractivity contribution is 6.08. The van der Waals surface area contributed by atoms with E-state index in [2.05, 4.69) is 53.3 Å². The van der Waals surface area contributed by atoms with Gasteiger partial charge in [-0.3, -0.25) is 4.98 Å². The Labute approximate surface area is 160 Å². The van der Waals surface area contributed by atoms with Crippen molar-refractivity contribution in [1.82, 2.24) is 9.97 Å². The summed E-state index contributed by atoms with van der Waals surface area (Å²) in [6, 6.07) is 19.4. The summed E-state index contributed by atoms with van der Waals surface area (Å²) in [4.78, 5) is 9.08. The molecule has 27 heavy (non-hydrogen) atoms. The molecule has 3 nitrogen and oxygen atoms in total. The number of pyridine rings is 2. The van der Waals surface area contributed by atoms with Crippen LogP contribution >= 0.6 is 0 Å². The second kappa shape index (κ2) is 7.75. The van der Waals surface area contributed by atoms with E-state index < -0.39 is 0 Å². The molecule has 0 atom stereocenters. The number of hydrogen-bond acceptors (Lipinski definition) is 3. The second-order valence-corrected chi connectivity index (χ2v) is 7.17. The quantitative estimate of drug-likeness (QED) is 0.465. The number of nitrogens with zero attached hydrogens (tertiary/aromatic N) is 2. The van der Waals surface area contributed by atoms with Crippen molar-refractivity contribution in [1.29, 1.82) is 0 Å². The molecule has 0 aliphatic heterocycles. The largest absolute Gasteiger partial charge is 0.382 e. The lowest BCUT2D eigenvalue weighted by Gasteiger charge is -2.08. The monoisotopic (exact) mass is 355 g/mol. The van der Waals surface area contributed by atoms with Gasteiger partial charge in [-0.05, 0) is 54.5 Å². The molecule has 0 saturated carbocycles. The van der Waals surface area contributed by atoms with Crippen LogP contribution in [-0.4, -0.2) is 9.97 Å². The fraction of sp³-hybridized carbons (Fsp3) is 0.250. The Morgan fingerprint density at radius 3 is 2.30 bits per heavy atom. The van der Waals surface area contributed by atoms with E-state index in [9.17, 15) is 0 Å². The van der Waals surface area contributed by atoms with Gasteiger partial charge in [-0.1, -0.05) is 55.8 Å². The van der Waals surface area contributed by atoms with Crippen LogP contribution < -0.4 is 5.73 Å². The van der Waals surface area contributed by atoms with E-state index >= 15 is 0 Å². The van der Waals surface area contributed by atoms with Crippen molar-refractivity contribution in [2.24, 2.45) is 0 Å². The Morgan fingerprint density at radius 1 is 0.815 bits per heavy atom. The van der Waals surface area contributed by atoms with Crippen molar-refractivity contribution in [3.05, 3.63) is 77.5 Å². The van der Waals surface area contributed by atoms with Gasteiger partial charge in [0, 0.05) is 17.0 Å². The zero-order valence-electron chi connectivity index (χ0n) is 15.8. The van der Waals surface area contributed by atoms with Gasteiger partial charge in [-0.25, -0.2) is 4.98 Å². The minimum atomic E-state index is 0.498. The molecule has 4 aromatic rings. The molecule has 0 unspecified atom stereocenters. The summed E-state index contributed by atoms with van der Waals surface area (Å²) in [5.41, 5.74) is 11.9. The van der Waals surface area contributed by atoms with Crippen molar-refractivity contribution in [3.63, 3.8) is 0 Å². The molecule has 2 aromatic heterocycles. The Bertz CT molecular complexity index is 1070.